The molecule has 0 saturated carbocycles. The van der Waals surface area contributed by atoms with Gasteiger partial charge in [-0.15, -0.1) is 0 Å². The first kappa shape index (κ1) is 15.4. The molecule has 0 radical (unpaired) electrons. The van der Waals surface area contributed by atoms with Crippen molar-refractivity contribution in [3.8, 4) is 0 Å². The summed E-state index contributed by atoms with van der Waals surface area (Å²) < 4.78 is 0. The van der Waals surface area contributed by atoms with E-state index in [1.54, 1.807) is 0 Å². The number of piperidine rings is 1. The Bertz CT molecular complexity index is 308. The Balaban J connectivity index is 2.91. The molecule has 1 saturated heterocycles. The molecule has 4 unspecified atom stereocenters. The lowest BCUT2D eigenvalue weighted by Crippen LogP contribution is -2.68. The fraction of sp³-hybridized carbons (Fsp3) is 0.929. The van der Waals surface area contributed by atoms with Crippen molar-refractivity contribution in [2.24, 2.45) is 5.92 Å². The Morgan fingerprint density at radius 3 is 2.44 bits per heavy atom. The Morgan fingerprint density at radius 1 is 1.39 bits per heavy atom. The van der Waals surface area contributed by atoms with Crippen LogP contribution in [-0.2, 0) is 4.79 Å². The van der Waals surface area contributed by atoms with E-state index in [0.717, 1.165) is 19.3 Å². The Hall–Kier alpha value is -0.610. The van der Waals surface area contributed by atoms with Gasteiger partial charge in [0, 0.05) is 17.1 Å². The van der Waals surface area contributed by atoms with Gasteiger partial charge in [-0.2, -0.15) is 0 Å². The highest BCUT2D eigenvalue weighted by molar-refractivity contribution is 5.77. The molecule has 0 spiro atoms. The second-order valence-corrected chi connectivity index (χ2v) is 6.14. The van der Waals surface area contributed by atoms with E-state index in [1.165, 1.54) is 0 Å². The number of carbonyl (C=O) groups excluding carboxylic acids is 1. The van der Waals surface area contributed by atoms with Gasteiger partial charge in [-0.25, -0.2) is 0 Å². The van der Waals surface area contributed by atoms with Gasteiger partial charge in [0.15, 0.2) is 0 Å². The van der Waals surface area contributed by atoms with Gasteiger partial charge in [-0.1, -0.05) is 20.8 Å². The van der Waals surface area contributed by atoms with Crippen LogP contribution >= 0.6 is 0 Å². The molecule has 1 rings (SSSR count). The van der Waals surface area contributed by atoms with E-state index in [9.17, 15) is 4.79 Å². The Labute approximate surface area is 111 Å². The lowest BCUT2D eigenvalue weighted by atomic mass is 9.69. The zero-order valence-corrected chi connectivity index (χ0v) is 12.3. The molecule has 0 bridgehead atoms. The third-order valence-electron chi connectivity index (χ3n) is 4.87. The van der Waals surface area contributed by atoms with Gasteiger partial charge in [0.05, 0.1) is 0 Å². The SMILES string of the molecule is CCC1(C)CC(NC(=O)CO)C(C)C(C)(CC)N1. The van der Waals surface area contributed by atoms with Crippen molar-refractivity contribution in [2.45, 2.75) is 71.0 Å². The topological polar surface area (TPSA) is 61.4 Å². The summed E-state index contributed by atoms with van der Waals surface area (Å²) in [6.45, 7) is 10.5. The van der Waals surface area contributed by atoms with Crippen molar-refractivity contribution < 1.29 is 9.90 Å². The summed E-state index contributed by atoms with van der Waals surface area (Å²) in [5.74, 6) is 0.0725. The molecule has 0 aromatic rings. The highest BCUT2D eigenvalue weighted by Crippen LogP contribution is 2.37. The summed E-state index contributed by atoms with van der Waals surface area (Å²) in [5.41, 5.74) is 0.0705. The Morgan fingerprint density at radius 2 is 2.00 bits per heavy atom. The van der Waals surface area contributed by atoms with E-state index in [1.807, 2.05) is 0 Å². The molecule has 1 fully saturated rings. The maximum Gasteiger partial charge on any atom is 0.245 e. The first-order chi connectivity index (χ1) is 8.30. The number of carbonyl (C=O) groups is 1. The monoisotopic (exact) mass is 256 g/mol. The summed E-state index contributed by atoms with van der Waals surface area (Å²) in [4.78, 5) is 11.4. The largest absolute Gasteiger partial charge is 0.387 e. The number of aliphatic hydroxyl groups excluding tert-OH is 1. The molecule has 1 amide bonds. The molecule has 1 aliphatic heterocycles. The number of nitrogens with one attached hydrogen (secondary N) is 2. The molecule has 1 aliphatic rings. The van der Waals surface area contributed by atoms with E-state index in [0.29, 0.717) is 5.92 Å². The predicted octanol–water partition coefficient (Wildman–Crippen LogP) is 1.43. The zero-order valence-electron chi connectivity index (χ0n) is 12.3. The lowest BCUT2D eigenvalue weighted by Gasteiger charge is -2.53. The first-order valence-corrected chi connectivity index (χ1v) is 7.00. The highest BCUT2D eigenvalue weighted by Gasteiger charge is 2.46. The standard InChI is InChI=1S/C14H28N2O2/c1-6-13(4)8-11(15-12(18)9-17)10(3)14(5,7-2)16-13/h10-11,16-17H,6-9H2,1-5H3,(H,15,18). The second-order valence-electron chi connectivity index (χ2n) is 6.14. The van der Waals surface area contributed by atoms with Crippen molar-refractivity contribution >= 4 is 5.91 Å². The third-order valence-corrected chi connectivity index (χ3v) is 4.87. The molecular formula is C14H28N2O2. The predicted molar refractivity (Wildman–Crippen MR) is 73.3 cm³/mol. The lowest BCUT2D eigenvalue weighted by molar-refractivity contribution is -0.125. The van der Waals surface area contributed by atoms with Crippen LogP contribution in [0.2, 0.25) is 0 Å². The Kier molecular flexibility index (Phi) is 4.78. The van der Waals surface area contributed by atoms with Crippen LogP contribution in [0.15, 0.2) is 0 Å². The minimum Gasteiger partial charge on any atom is -0.387 e. The molecule has 4 heteroatoms. The summed E-state index contributed by atoms with van der Waals surface area (Å²) in [6, 6.07) is 0.126. The number of rotatable bonds is 4. The highest BCUT2D eigenvalue weighted by atomic mass is 16.3. The van der Waals surface area contributed by atoms with Gasteiger partial charge in [-0.3, -0.25) is 4.79 Å². The summed E-state index contributed by atoms with van der Waals surface area (Å²) in [6.07, 6.45) is 2.96. The van der Waals surface area contributed by atoms with Crippen LogP contribution < -0.4 is 10.6 Å². The minimum atomic E-state index is -0.428. The molecule has 1 heterocycles. The van der Waals surface area contributed by atoms with Crippen LogP contribution in [-0.4, -0.2) is 34.7 Å². The van der Waals surface area contributed by atoms with E-state index in [-0.39, 0.29) is 23.0 Å². The molecule has 0 aromatic carbocycles. The average Bonchev–Trinajstić information content (AvgIpc) is 2.35. The van der Waals surface area contributed by atoms with Gasteiger partial charge in [0.2, 0.25) is 5.91 Å². The second kappa shape index (κ2) is 5.57. The number of hydrogen-bond acceptors (Lipinski definition) is 3. The van der Waals surface area contributed by atoms with Crippen LogP contribution in [0.25, 0.3) is 0 Å². The smallest absolute Gasteiger partial charge is 0.245 e. The van der Waals surface area contributed by atoms with Crippen LogP contribution in [0.5, 0.6) is 0 Å². The number of aliphatic hydroxyl groups is 1. The number of hydrogen-bond donors (Lipinski definition) is 3. The van der Waals surface area contributed by atoms with E-state index >= 15 is 0 Å². The summed E-state index contributed by atoms with van der Waals surface area (Å²) in [7, 11) is 0. The van der Waals surface area contributed by atoms with Gasteiger partial charge in [-0.05, 0) is 39.0 Å². The molecular weight excluding hydrogens is 228 g/mol. The van der Waals surface area contributed by atoms with Crippen molar-refractivity contribution in [1.82, 2.24) is 10.6 Å². The van der Waals surface area contributed by atoms with Crippen LogP contribution in [0.3, 0.4) is 0 Å². The minimum absolute atomic E-state index is 0.0242. The van der Waals surface area contributed by atoms with E-state index in [2.05, 4.69) is 45.3 Å². The molecule has 18 heavy (non-hydrogen) atoms. The van der Waals surface area contributed by atoms with Crippen molar-refractivity contribution in [2.75, 3.05) is 6.61 Å². The van der Waals surface area contributed by atoms with E-state index in [4.69, 9.17) is 5.11 Å². The van der Waals surface area contributed by atoms with E-state index < -0.39 is 6.61 Å². The van der Waals surface area contributed by atoms with Gasteiger partial charge in [0.25, 0.3) is 0 Å². The maximum atomic E-state index is 11.4. The summed E-state index contributed by atoms with van der Waals surface area (Å²) >= 11 is 0. The van der Waals surface area contributed by atoms with Crippen molar-refractivity contribution in [3.05, 3.63) is 0 Å². The summed E-state index contributed by atoms with van der Waals surface area (Å²) in [5, 5.41) is 15.6. The van der Waals surface area contributed by atoms with Crippen LogP contribution in [0.4, 0.5) is 0 Å². The molecule has 3 N–H and O–H groups in total. The molecule has 4 nitrogen and oxygen atoms in total. The quantitative estimate of drug-likeness (QED) is 0.713. The number of amides is 1. The van der Waals surface area contributed by atoms with Crippen LogP contribution in [0.1, 0.15) is 53.9 Å². The maximum absolute atomic E-state index is 11.4. The van der Waals surface area contributed by atoms with Gasteiger partial charge >= 0.3 is 0 Å². The van der Waals surface area contributed by atoms with Gasteiger partial charge in [0.1, 0.15) is 6.61 Å². The third kappa shape index (κ3) is 3.04. The fourth-order valence-electron chi connectivity index (χ4n) is 3.03. The molecule has 0 aliphatic carbocycles. The molecule has 0 aromatic heterocycles. The van der Waals surface area contributed by atoms with Crippen molar-refractivity contribution in [3.63, 3.8) is 0 Å². The van der Waals surface area contributed by atoms with Crippen molar-refractivity contribution in [1.29, 1.82) is 0 Å². The zero-order chi connectivity index (χ0) is 14.0. The van der Waals surface area contributed by atoms with Gasteiger partial charge < -0.3 is 15.7 Å². The van der Waals surface area contributed by atoms with Crippen LogP contribution in [0, 0.1) is 5.92 Å². The average molecular weight is 256 g/mol. The molecule has 4 atom stereocenters. The molecule has 106 valence electrons. The fourth-order valence-corrected chi connectivity index (χ4v) is 3.03. The first-order valence-electron chi connectivity index (χ1n) is 7.00. The normalized spacial score (nSPS) is 40.6.